The topological polar surface area (TPSA) is 50.8 Å². The molecular formula is C19H22N2O3. The van der Waals surface area contributed by atoms with Crippen molar-refractivity contribution < 1.29 is 14.3 Å². The van der Waals surface area contributed by atoms with Crippen molar-refractivity contribution in [2.75, 3.05) is 20.4 Å². The van der Waals surface area contributed by atoms with E-state index in [1.165, 1.54) is 11.1 Å². The number of nitrogens with one attached hydrogen (secondary N) is 1. The molecule has 2 aromatic rings. The van der Waals surface area contributed by atoms with Crippen LogP contribution in [0.25, 0.3) is 0 Å². The zero-order valence-corrected chi connectivity index (χ0v) is 14.0. The lowest BCUT2D eigenvalue weighted by Crippen LogP contribution is -2.34. The Labute approximate surface area is 142 Å². The van der Waals surface area contributed by atoms with Gasteiger partial charge in [0.15, 0.2) is 11.5 Å². The molecule has 1 heterocycles. The number of likely N-dealkylation sites (N-methyl/N-ethyl adjacent to an activating group) is 1. The second-order valence-electron chi connectivity index (χ2n) is 6.12. The van der Waals surface area contributed by atoms with Crippen LogP contribution in [0.5, 0.6) is 11.5 Å². The first kappa shape index (κ1) is 16.3. The number of nitrogens with zero attached hydrogens (tertiary/aromatic N) is 1. The van der Waals surface area contributed by atoms with Gasteiger partial charge in [0, 0.05) is 13.1 Å². The monoisotopic (exact) mass is 326 g/mol. The third-order valence-electron chi connectivity index (χ3n) is 3.91. The highest BCUT2D eigenvalue weighted by Crippen LogP contribution is 2.32. The molecule has 0 spiro atoms. The average molecular weight is 326 g/mol. The Kier molecular flexibility index (Phi) is 5.01. The Morgan fingerprint density at radius 2 is 1.79 bits per heavy atom. The van der Waals surface area contributed by atoms with Crippen LogP contribution in [0, 0.1) is 6.92 Å². The van der Waals surface area contributed by atoms with Gasteiger partial charge in [-0.1, -0.05) is 35.9 Å². The van der Waals surface area contributed by atoms with Gasteiger partial charge in [0.2, 0.25) is 12.7 Å². The van der Waals surface area contributed by atoms with E-state index >= 15 is 0 Å². The van der Waals surface area contributed by atoms with Crippen molar-refractivity contribution in [3.05, 3.63) is 59.2 Å². The van der Waals surface area contributed by atoms with Crippen LogP contribution in [0.1, 0.15) is 16.7 Å². The lowest BCUT2D eigenvalue weighted by molar-refractivity contribution is -0.122. The number of fused-ring (bicyclic) bond motifs is 1. The molecule has 0 bridgehead atoms. The maximum atomic E-state index is 12.1. The third kappa shape index (κ3) is 4.26. The number of hydrogen-bond acceptors (Lipinski definition) is 4. The van der Waals surface area contributed by atoms with Gasteiger partial charge in [0.05, 0.1) is 6.54 Å². The molecular weight excluding hydrogens is 304 g/mol. The first-order valence-electron chi connectivity index (χ1n) is 7.99. The summed E-state index contributed by atoms with van der Waals surface area (Å²) in [6, 6.07) is 14.1. The Morgan fingerprint density at radius 1 is 1.08 bits per heavy atom. The van der Waals surface area contributed by atoms with E-state index in [1.807, 2.05) is 30.1 Å². The summed E-state index contributed by atoms with van der Waals surface area (Å²) in [4.78, 5) is 14.1. The highest BCUT2D eigenvalue weighted by molar-refractivity contribution is 5.78. The highest BCUT2D eigenvalue weighted by Gasteiger charge is 2.13. The molecule has 3 rings (SSSR count). The van der Waals surface area contributed by atoms with E-state index < -0.39 is 0 Å². The van der Waals surface area contributed by atoms with Gasteiger partial charge >= 0.3 is 0 Å². The zero-order chi connectivity index (χ0) is 16.9. The Bertz CT molecular complexity index is 713. The van der Waals surface area contributed by atoms with Crippen LogP contribution in [-0.4, -0.2) is 31.2 Å². The lowest BCUT2D eigenvalue weighted by atomic mass is 10.1. The van der Waals surface area contributed by atoms with Gasteiger partial charge in [-0.05, 0) is 37.2 Å². The number of benzene rings is 2. The first-order chi connectivity index (χ1) is 11.6. The van der Waals surface area contributed by atoms with Crippen LogP contribution in [-0.2, 0) is 17.9 Å². The number of carbonyl (C=O) groups excluding carboxylic acids is 1. The Balaban J connectivity index is 1.46. The predicted octanol–water partition coefficient (Wildman–Crippen LogP) is 2.47. The Morgan fingerprint density at radius 3 is 2.58 bits per heavy atom. The van der Waals surface area contributed by atoms with Gasteiger partial charge in [0.25, 0.3) is 0 Å². The molecule has 0 saturated carbocycles. The smallest absolute Gasteiger partial charge is 0.234 e. The molecule has 24 heavy (non-hydrogen) atoms. The van der Waals surface area contributed by atoms with E-state index in [0.29, 0.717) is 13.1 Å². The normalized spacial score (nSPS) is 12.5. The van der Waals surface area contributed by atoms with Gasteiger partial charge in [-0.2, -0.15) is 0 Å². The van der Waals surface area contributed by atoms with Crippen LogP contribution in [0.2, 0.25) is 0 Å². The first-order valence-corrected chi connectivity index (χ1v) is 7.99. The fourth-order valence-electron chi connectivity index (χ4n) is 2.61. The molecule has 5 nitrogen and oxygen atoms in total. The van der Waals surface area contributed by atoms with Gasteiger partial charge in [-0.3, -0.25) is 9.69 Å². The number of aryl methyl sites for hydroxylation is 1. The molecule has 2 aromatic carbocycles. The largest absolute Gasteiger partial charge is 0.454 e. The number of amides is 1. The van der Waals surface area contributed by atoms with E-state index in [1.54, 1.807) is 0 Å². The third-order valence-corrected chi connectivity index (χ3v) is 3.91. The van der Waals surface area contributed by atoms with Crippen molar-refractivity contribution in [2.24, 2.45) is 0 Å². The quantitative estimate of drug-likeness (QED) is 0.886. The van der Waals surface area contributed by atoms with Crippen molar-refractivity contribution in [1.82, 2.24) is 10.2 Å². The van der Waals surface area contributed by atoms with Gasteiger partial charge in [-0.15, -0.1) is 0 Å². The summed E-state index contributed by atoms with van der Waals surface area (Å²) >= 11 is 0. The minimum atomic E-state index is 0.00211. The average Bonchev–Trinajstić information content (AvgIpc) is 3.02. The molecule has 0 saturated heterocycles. The molecule has 1 N–H and O–H groups in total. The molecule has 0 aromatic heterocycles. The molecule has 0 atom stereocenters. The van der Waals surface area contributed by atoms with Crippen molar-refractivity contribution in [3.63, 3.8) is 0 Å². The van der Waals surface area contributed by atoms with E-state index in [-0.39, 0.29) is 12.7 Å². The van der Waals surface area contributed by atoms with Crippen LogP contribution in [0.3, 0.4) is 0 Å². The van der Waals surface area contributed by atoms with Crippen LogP contribution in [0.4, 0.5) is 0 Å². The van der Waals surface area contributed by atoms with Crippen LogP contribution < -0.4 is 14.8 Å². The fraction of sp³-hybridized carbons (Fsp3) is 0.316. The number of hydrogen-bond donors (Lipinski definition) is 1. The van der Waals surface area contributed by atoms with E-state index in [0.717, 1.165) is 23.6 Å². The Hall–Kier alpha value is -2.53. The van der Waals surface area contributed by atoms with E-state index in [2.05, 4.69) is 36.5 Å². The predicted molar refractivity (Wildman–Crippen MR) is 91.9 cm³/mol. The second-order valence-corrected chi connectivity index (χ2v) is 6.12. The fourth-order valence-corrected chi connectivity index (χ4v) is 2.61. The standard InChI is InChI=1S/C19H22N2O3/c1-14-3-5-15(6-4-14)11-21(2)12-19(22)20-10-16-7-8-17-18(9-16)24-13-23-17/h3-9H,10-13H2,1-2H3,(H,20,22). The van der Waals surface area contributed by atoms with Crippen LogP contribution >= 0.6 is 0 Å². The molecule has 1 amide bonds. The second kappa shape index (κ2) is 7.36. The summed E-state index contributed by atoms with van der Waals surface area (Å²) in [5, 5.41) is 2.94. The lowest BCUT2D eigenvalue weighted by Gasteiger charge is -2.16. The summed E-state index contributed by atoms with van der Waals surface area (Å²) in [5.41, 5.74) is 3.43. The summed E-state index contributed by atoms with van der Waals surface area (Å²) in [6.45, 7) is 3.91. The molecule has 1 aliphatic heterocycles. The summed E-state index contributed by atoms with van der Waals surface area (Å²) in [6.07, 6.45) is 0. The summed E-state index contributed by atoms with van der Waals surface area (Å²) < 4.78 is 10.6. The van der Waals surface area contributed by atoms with Gasteiger partial charge in [0.1, 0.15) is 0 Å². The maximum absolute atomic E-state index is 12.1. The molecule has 0 radical (unpaired) electrons. The summed E-state index contributed by atoms with van der Waals surface area (Å²) in [5.74, 6) is 1.49. The van der Waals surface area contributed by atoms with Gasteiger partial charge < -0.3 is 14.8 Å². The van der Waals surface area contributed by atoms with Crippen molar-refractivity contribution in [1.29, 1.82) is 0 Å². The molecule has 0 aliphatic carbocycles. The molecule has 5 heteroatoms. The minimum Gasteiger partial charge on any atom is -0.454 e. The SMILES string of the molecule is Cc1ccc(CN(C)CC(=O)NCc2ccc3c(c2)OCO3)cc1. The zero-order valence-electron chi connectivity index (χ0n) is 14.0. The van der Waals surface area contributed by atoms with Crippen molar-refractivity contribution in [3.8, 4) is 11.5 Å². The van der Waals surface area contributed by atoms with Crippen molar-refractivity contribution in [2.45, 2.75) is 20.0 Å². The minimum absolute atomic E-state index is 0.00211. The molecule has 0 fully saturated rings. The van der Waals surface area contributed by atoms with Crippen LogP contribution in [0.15, 0.2) is 42.5 Å². The maximum Gasteiger partial charge on any atom is 0.234 e. The summed E-state index contributed by atoms with van der Waals surface area (Å²) in [7, 11) is 1.94. The van der Waals surface area contributed by atoms with E-state index in [9.17, 15) is 4.79 Å². The number of ether oxygens (including phenoxy) is 2. The van der Waals surface area contributed by atoms with E-state index in [4.69, 9.17) is 9.47 Å². The molecule has 126 valence electrons. The van der Waals surface area contributed by atoms with Gasteiger partial charge in [-0.25, -0.2) is 0 Å². The molecule has 1 aliphatic rings. The molecule has 0 unspecified atom stereocenters. The van der Waals surface area contributed by atoms with Crippen molar-refractivity contribution >= 4 is 5.91 Å². The number of carbonyl (C=O) groups is 1. The number of rotatable bonds is 6. The highest BCUT2D eigenvalue weighted by atomic mass is 16.7.